The van der Waals surface area contributed by atoms with Crippen molar-refractivity contribution in [2.45, 2.75) is 18.4 Å². The number of amides is 1. The highest BCUT2D eigenvalue weighted by atomic mass is 32.1. The Hall–Kier alpha value is -2.41. The number of thiophene rings is 1. The van der Waals surface area contributed by atoms with Gasteiger partial charge >= 0.3 is 0 Å². The van der Waals surface area contributed by atoms with Crippen LogP contribution in [0.1, 0.15) is 22.5 Å². The van der Waals surface area contributed by atoms with Crippen molar-refractivity contribution in [3.63, 3.8) is 0 Å². The van der Waals surface area contributed by atoms with Crippen molar-refractivity contribution in [2.75, 3.05) is 11.9 Å². The average molecular weight is 312 g/mol. The largest absolute Gasteiger partial charge is 0.381 e. The maximum Gasteiger partial charge on any atom is 0.266 e. The summed E-state index contributed by atoms with van der Waals surface area (Å²) in [5.74, 6) is -0.0173. The molecule has 1 aliphatic heterocycles. The number of nitrogens with one attached hydrogen (secondary N) is 3. The van der Waals surface area contributed by atoms with Crippen LogP contribution in [0.3, 0.4) is 0 Å². The molecule has 7 heteroatoms. The van der Waals surface area contributed by atoms with Crippen LogP contribution in [-0.4, -0.2) is 28.0 Å². The Morgan fingerprint density at radius 3 is 2.91 bits per heavy atom. The van der Waals surface area contributed by atoms with E-state index in [1.807, 2.05) is 12.1 Å². The van der Waals surface area contributed by atoms with Crippen LogP contribution >= 0.6 is 11.3 Å². The highest BCUT2D eigenvalue weighted by molar-refractivity contribution is 7.21. The third-order valence-electron chi connectivity index (χ3n) is 4.44. The molecule has 3 heterocycles. The summed E-state index contributed by atoms with van der Waals surface area (Å²) in [5.41, 5.74) is 1.95. The van der Waals surface area contributed by atoms with Crippen LogP contribution in [0.2, 0.25) is 0 Å². The van der Waals surface area contributed by atoms with E-state index in [1.54, 1.807) is 0 Å². The number of benzene rings is 1. The Balaban J connectivity index is 1.84. The summed E-state index contributed by atoms with van der Waals surface area (Å²) in [5, 5.41) is 7.49. The summed E-state index contributed by atoms with van der Waals surface area (Å²) in [6.07, 6.45) is 3.32. The highest BCUT2D eigenvalue weighted by Crippen LogP contribution is 2.44. The first-order chi connectivity index (χ1) is 10.7. The first-order valence-corrected chi connectivity index (χ1v) is 7.98. The van der Waals surface area contributed by atoms with Gasteiger partial charge in [-0.05, 0) is 25.0 Å². The molecule has 110 valence electrons. The van der Waals surface area contributed by atoms with Gasteiger partial charge in [0, 0.05) is 16.6 Å². The Bertz CT molecular complexity index is 1020. The Morgan fingerprint density at radius 1 is 1.23 bits per heavy atom. The second-order valence-electron chi connectivity index (χ2n) is 5.98. The molecule has 1 aromatic carbocycles. The third kappa shape index (κ3) is 1.57. The molecule has 5 rings (SSSR count). The molecule has 3 aromatic rings. The zero-order valence-electron chi connectivity index (χ0n) is 11.5. The van der Waals surface area contributed by atoms with E-state index in [1.165, 1.54) is 17.5 Å². The molecule has 0 radical (unpaired) electrons. The van der Waals surface area contributed by atoms with Gasteiger partial charge in [-0.25, -0.2) is 4.98 Å². The van der Waals surface area contributed by atoms with Gasteiger partial charge in [0.2, 0.25) is 0 Å². The zero-order chi connectivity index (χ0) is 14.9. The number of carbonyl (C=O) groups is 1. The number of nitrogens with zero attached hydrogens (tertiary/aromatic N) is 1. The molecular weight excluding hydrogens is 300 g/mol. The van der Waals surface area contributed by atoms with Crippen molar-refractivity contribution < 1.29 is 4.79 Å². The summed E-state index contributed by atoms with van der Waals surface area (Å²) < 4.78 is 0.992. The lowest BCUT2D eigenvalue weighted by molar-refractivity contribution is 0.0942. The fourth-order valence-corrected chi connectivity index (χ4v) is 4.15. The summed E-state index contributed by atoms with van der Waals surface area (Å²) in [7, 11) is 0. The van der Waals surface area contributed by atoms with Gasteiger partial charge in [0.05, 0.1) is 28.5 Å². The zero-order valence-corrected chi connectivity index (χ0v) is 12.3. The van der Waals surface area contributed by atoms with Crippen LogP contribution < -0.4 is 16.2 Å². The predicted molar refractivity (Wildman–Crippen MR) is 85.7 cm³/mol. The lowest BCUT2D eigenvalue weighted by atomic mass is 10.1. The molecule has 1 saturated carbocycles. The molecule has 0 saturated heterocycles. The summed E-state index contributed by atoms with van der Waals surface area (Å²) in [4.78, 5) is 31.7. The van der Waals surface area contributed by atoms with Crippen molar-refractivity contribution in [1.82, 2.24) is 15.3 Å². The molecule has 6 nitrogen and oxygen atoms in total. The topological polar surface area (TPSA) is 86.9 Å². The molecule has 3 N–H and O–H groups in total. The standard InChI is InChI=1S/C15H12N4O2S/c20-9-5-16-11-7(18-9)1-2-8-10(11)12-13(22-8)14(21)19-15(3-4-15)6-17-12/h1-2,5,17H,3-4,6H2,(H,18,20)(H,19,21). The van der Waals surface area contributed by atoms with Crippen molar-refractivity contribution in [3.05, 3.63) is 33.6 Å². The molecule has 0 unspecified atom stereocenters. The van der Waals surface area contributed by atoms with Gasteiger partial charge in [-0.2, -0.15) is 0 Å². The number of carbonyl (C=O) groups excluding carboxylic acids is 1. The van der Waals surface area contributed by atoms with Crippen LogP contribution in [0.25, 0.3) is 21.1 Å². The fourth-order valence-electron chi connectivity index (χ4n) is 3.08. The third-order valence-corrected chi connectivity index (χ3v) is 5.59. The van der Waals surface area contributed by atoms with Crippen LogP contribution in [0.5, 0.6) is 0 Å². The van der Waals surface area contributed by atoms with E-state index in [-0.39, 0.29) is 17.0 Å². The van der Waals surface area contributed by atoms with Gasteiger partial charge < -0.3 is 15.6 Å². The second-order valence-corrected chi connectivity index (χ2v) is 7.03. The minimum Gasteiger partial charge on any atom is -0.381 e. The Labute approximate surface area is 128 Å². The monoisotopic (exact) mass is 312 g/mol. The van der Waals surface area contributed by atoms with Gasteiger partial charge in [0.1, 0.15) is 4.88 Å². The molecule has 1 amide bonds. The van der Waals surface area contributed by atoms with Crippen LogP contribution in [-0.2, 0) is 0 Å². The van der Waals surface area contributed by atoms with E-state index in [9.17, 15) is 9.59 Å². The summed E-state index contributed by atoms with van der Waals surface area (Å²) in [6.45, 7) is 0.733. The van der Waals surface area contributed by atoms with E-state index in [4.69, 9.17) is 0 Å². The normalized spacial score (nSPS) is 18.8. The number of hydrogen-bond donors (Lipinski definition) is 3. The second kappa shape index (κ2) is 3.86. The van der Waals surface area contributed by atoms with Crippen molar-refractivity contribution in [2.24, 2.45) is 0 Å². The van der Waals surface area contributed by atoms with E-state index < -0.39 is 0 Å². The maximum atomic E-state index is 12.5. The van der Waals surface area contributed by atoms with E-state index in [0.717, 1.165) is 40.7 Å². The number of aromatic nitrogens is 2. The minimum absolute atomic E-state index is 0.0173. The van der Waals surface area contributed by atoms with Gasteiger partial charge in [-0.15, -0.1) is 11.3 Å². The predicted octanol–water partition coefficient (Wildman–Crippen LogP) is 1.83. The average Bonchev–Trinajstić information content (AvgIpc) is 3.18. The smallest absolute Gasteiger partial charge is 0.266 e. The number of aromatic amines is 1. The molecule has 0 bridgehead atoms. The lowest BCUT2D eigenvalue weighted by Gasteiger charge is -2.13. The van der Waals surface area contributed by atoms with Crippen LogP contribution in [0.15, 0.2) is 23.1 Å². The minimum atomic E-state index is -0.226. The lowest BCUT2D eigenvalue weighted by Crippen LogP contribution is -2.39. The number of rotatable bonds is 0. The number of hydrogen-bond acceptors (Lipinski definition) is 5. The van der Waals surface area contributed by atoms with Crippen molar-refractivity contribution >= 4 is 44.1 Å². The molecule has 1 aliphatic carbocycles. The van der Waals surface area contributed by atoms with Gasteiger partial charge in [-0.3, -0.25) is 9.59 Å². The molecule has 1 fully saturated rings. The van der Waals surface area contributed by atoms with E-state index in [0.29, 0.717) is 10.4 Å². The molecule has 2 aliphatic rings. The van der Waals surface area contributed by atoms with Crippen molar-refractivity contribution in [1.29, 1.82) is 0 Å². The summed E-state index contributed by atoms with van der Waals surface area (Å²) >= 11 is 1.46. The van der Waals surface area contributed by atoms with Crippen LogP contribution in [0.4, 0.5) is 5.69 Å². The van der Waals surface area contributed by atoms with Gasteiger partial charge in [0.25, 0.3) is 11.5 Å². The first-order valence-electron chi connectivity index (χ1n) is 7.16. The molecule has 2 aromatic heterocycles. The van der Waals surface area contributed by atoms with Gasteiger partial charge in [0.15, 0.2) is 0 Å². The first kappa shape index (κ1) is 12.2. The quantitative estimate of drug-likeness (QED) is 0.591. The Kier molecular flexibility index (Phi) is 2.14. The van der Waals surface area contributed by atoms with E-state index in [2.05, 4.69) is 20.6 Å². The van der Waals surface area contributed by atoms with Gasteiger partial charge in [-0.1, -0.05) is 0 Å². The molecule has 22 heavy (non-hydrogen) atoms. The molecule has 1 spiro atoms. The molecular formula is C15H12N4O2S. The molecule has 0 atom stereocenters. The fraction of sp³-hybridized carbons (Fsp3) is 0.267. The number of H-pyrrole nitrogens is 1. The maximum absolute atomic E-state index is 12.5. The highest BCUT2D eigenvalue weighted by Gasteiger charge is 2.46. The number of fused-ring (bicyclic) bond motifs is 5. The number of anilines is 1. The SMILES string of the molecule is O=C1NC2(CC2)CNc2c1sc1ccc3[nH]c(=O)cnc3c21. The van der Waals surface area contributed by atoms with Crippen LogP contribution in [0, 0.1) is 0 Å². The van der Waals surface area contributed by atoms with Crippen molar-refractivity contribution in [3.8, 4) is 0 Å². The summed E-state index contributed by atoms with van der Waals surface area (Å²) in [6, 6.07) is 3.76. The Morgan fingerprint density at radius 2 is 2.09 bits per heavy atom. The van der Waals surface area contributed by atoms with E-state index >= 15 is 0 Å².